The average molecular weight is 352 g/mol. The molecule has 7 heteroatoms. The maximum absolute atomic E-state index is 12.0. The van der Waals surface area contributed by atoms with E-state index in [1.807, 2.05) is 19.1 Å². The second-order valence-corrected chi connectivity index (χ2v) is 7.15. The summed E-state index contributed by atoms with van der Waals surface area (Å²) < 4.78 is 4.97. The van der Waals surface area contributed by atoms with Gasteiger partial charge in [-0.2, -0.15) is 0 Å². The molecular formula is C17H24N2O4S. The minimum absolute atomic E-state index is 0.0142. The van der Waals surface area contributed by atoms with Gasteiger partial charge in [0.25, 0.3) is 0 Å². The third kappa shape index (κ3) is 5.33. The Hall–Kier alpha value is -1.89. The first kappa shape index (κ1) is 18.4. The van der Waals surface area contributed by atoms with Crippen LogP contribution in [0.1, 0.15) is 47.2 Å². The lowest BCUT2D eigenvalue weighted by atomic mass is 10.0. The number of thiophene rings is 1. The van der Waals surface area contributed by atoms with Crippen LogP contribution in [0.5, 0.6) is 0 Å². The van der Waals surface area contributed by atoms with Gasteiger partial charge in [-0.15, -0.1) is 11.3 Å². The molecule has 1 N–H and O–H groups in total. The molecule has 1 saturated heterocycles. The van der Waals surface area contributed by atoms with Crippen molar-refractivity contribution in [3.8, 4) is 0 Å². The molecule has 0 bridgehead atoms. The number of ketones is 1. The average Bonchev–Trinajstić information content (AvgIpc) is 3.00. The van der Waals surface area contributed by atoms with Gasteiger partial charge in [0, 0.05) is 36.9 Å². The van der Waals surface area contributed by atoms with Crippen LogP contribution in [-0.2, 0) is 9.53 Å². The maximum Gasteiger partial charge on any atom is 0.409 e. The number of Topliss-reactive ketones (excluding diaryl/α,β-unsaturated/α-hetero) is 1. The number of likely N-dealkylation sites (tertiary alicyclic amines) is 1. The predicted molar refractivity (Wildman–Crippen MR) is 92.4 cm³/mol. The van der Waals surface area contributed by atoms with Gasteiger partial charge in [0.1, 0.15) is 0 Å². The fourth-order valence-electron chi connectivity index (χ4n) is 2.66. The second-order valence-electron chi connectivity index (χ2n) is 5.86. The number of aryl methyl sites for hydroxylation is 1. The van der Waals surface area contributed by atoms with Crippen LogP contribution < -0.4 is 5.32 Å². The smallest absolute Gasteiger partial charge is 0.409 e. The molecule has 132 valence electrons. The summed E-state index contributed by atoms with van der Waals surface area (Å²) in [5, 5.41) is 2.96. The number of amides is 2. The van der Waals surface area contributed by atoms with Crippen molar-refractivity contribution in [2.75, 3.05) is 19.7 Å². The molecule has 0 aromatic carbocycles. The minimum atomic E-state index is -0.292. The van der Waals surface area contributed by atoms with Gasteiger partial charge in [-0.25, -0.2) is 4.79 Å². The number of rotatable bonds is 6. The van der Waals surface area contributed by atoms with Crippen LogP contribution in [0.15, 0.2) is 12.1 Å². The maximum atomic E-state index is 12.0. The number of nitrogens with one attached hydrogen (secondary N) is 1. The molecule has 0 atom stereocenters. The molecule has 24 heavy (non-hydrogen) atoms. The molecule has 0 spiro atoms. The minimum Gasteiger partial charge on any atom is -0.450 e. The van der Waals surface area contributed by atoms with Gasteiger partial charge >= 0.3 is 6.09 Å². The van der Waals surface area contributed by atoms with Crippen LogP contribution in [0.25, 0.3) is 0 Å². The van der Waals surface area contributed by atoms with Gasteiger partial charge in [-0.3, -0.25) is 9.59 Å². The lowest BCUT2D eigenvalue weighted by Crippen LogP contribution is -2.46. The van der Waals surface area contributed by atoms with Gasteiger partial charge in [-0.1, -0.05) is 0 Å². The highest BCUT2D eigenvalue weighted by Crippen LogP contribution is 2.17. The summed E-state index contributed by atoms with van der Waals surface area (Å²) in [4.78, 5) is 39.1. The molecule has 2 amide bonds. The van der Waals surface area contributed by atoms with E-state index >= 15 is 0 Å². The van der Waals surface area contributed by atoms with Gasteiger partial charge in [0.2, 0.25) is 5.91 Å². The van der Waals surface area contributed by atoms with E-state index in [0.29, 0.717) is 37.4 Å². The number of hydrogen-bond donors (Lipinski definition) is 1. The molecular weight excluding hydrogens is 328 g/mol. The fourth-order valence-corrected chi connectivity index (χ4v) is 3.49. The number of hydrogen-bond acceptors (Lipinski definition) is 5. The third-order valence-electron chi connectivity index (χ3n) is 3.98. The van der Waals surface area contributed by atoms with E-state index in [2.05, 4.69) is 5.32 Å². The van der Waals surface area contributed by atoms with Crippen molar-refractivity contribution in [3.05, 3.63) is 21.9 Å². The highest BCUT2D eigenvalue weighted by molar-refractivity contribution is 7.14. The summed E-state index contributed by atoms with van der Waals surface area (Å²) in [6.07, 6.45) is 1.56. The molecule has 2 heterocycles. The Labute approximate surface area is 146 Å². The van der Waals surface area contributed by atoms with Crippen LogP contribution in [0, 0.1) is 6.92 Å². The van der Waals surface area contributed by atoms with Gasteiger partial charge in [0.15, 0.2) is 5.78 Å². The van der Waals surface area contributed by atoms with Gasteiger partial charge < -0.3 is 15.0 Å². The fraction of sp³-hybridized carbons (Fsp3) is 0.588. The van der Waals surface area contributed by atoms with E-state index in [9.17, 15) is 14.4 Å². The van der Waals surface area contributed by atoms with Crippen LogP contribution in [0.2, 0.25) is 0 Å². The Morgan fingerprint density at radius 3 is 2.54 bits per heavy atom. The first-order valence-electron chi connectivity index (χ1n) is 8.30. The summed E-state index contributed by atoms with van der Waals surface area (Å²) in [6, 6.07) is 3.78. The van der Waals surface area contributed by atoms with Gasteiger partial charge in [0.05, 0.1) is 11.5 Å². The third-order valence-corrected chi connectivity index (χ3v) is 5.02. The predicted octanol–water partition coefficient (Wildman–Crippen LogP) is 2.76. The summed E-state index contributed by atoms with van der Waals surface area (Å²) in [5.41, 5.74) is 0. The van der Waals surface area contributed by atoms with Crippen LogP contribution in [0.3, 0.4) is 0 Å². The van der Waals surface area contributed by atoms with Crippen molar-refractivity contribution in [2.24, 2.45) is 0 Å². The Morgan fingerprint density at radius 2 is 1.96 bits per heavy atom. The summed E-state index contributed by atoms with van der Waals surface area (Å²) in [5.74, 6) is -0.0911. The van der Waals surface area contributed by atoms with Crippen molar-refractivity contribution < 1.29 is 19.1 Å². The highest BCUT2D eigenvalue weighted by Gasteiger charge is 2.24. The normalized spacial score (nSPS) is 15.2. The summed E-state index contributed by atoms with van der Waals surface area (Å²) >= 11 is 1.46. The van der Waals surface area contributed by atoms with Crippen molar-refractivity contribution in [1.82, 2.24) is 10.2 Å². The molecule has 6 nitrogen and oxygen atoms in total. The van der Waals surface area contributed by atoms with Crippen molar-refractivity contribution >= 4 is 29.1 Å². The van der Waals surface area contributed by atoms with Crippen molar-refractivity contribution in [1.29, 1.82) is 0 Å². The van der Waals surface area contributed by atoms with Crippen LogP contribution >= 0.6 is 11.3 Å². The Kier molecular flexibility index (Phi) is 6.78. The highest BCUT2D eigenvalue weighted by atomic mass is 32.1. The lowest BCUT2D eigenvalue weighted by molar-refractivity contribution is -0.122. The topological polar surface area (TPSA) is 75.7 Å². The van der Waals surface area contributed by atoms with E-state index in [0.717, 1.165) is 4.88 Å². The zero-order chi connectivity index (χ0) is 17.5. The first-order chi connectivity index (χ1) is 11.5. The molecule has 0 saturated carbocycles. The monoisotopic (exact) mass is 352 g/mol. The molecule has 1 fully saturated rings. The van der Waals surface area contributed by atoms with E-state index in [1.54, 1.807) is 11.8 Å². The van der Waals surface area contributed by atoms with E-state index in [1.165, 1.54) is 11.3 Å². The Morgan fingerprint density at radius 1 is 1.25 bits per heavy atom. The zero-order valence-electron chi connectivity index (χ0n) is 14.2. The van der Waals surface area contributed by atoms with E-state index in [-0.39, 0.29) is 36.7 Å². The van der Waals surface area contributed by atoms with Crippen LogP contribution in [0.4, 0.5) is 4.79 Å². The number of carbonyl (C=O) groups is 3. The molecule has 1 aromatic rings. The Balaban J connectivity index is 1.68. The SMILES string of the molecule is CCOC(=O)N1CCC(NC(=O)CCC(=O)c2ccc(C)s2)CC1. The van der Waals surface area contributed by atoms with Crippen LogP contribution in [-0.4, -0.2) is 48.4 Å². The molecule has 1 aromatic heterocycles. The van der Waals surface area contributed by atoms with Gasteiger partial charge in [-0.05, 0) is 38.8 Å². The Bertz CT molecular complexity index is 591. The largest absolute Gasteiger partial charge is 0.450 e. The van der Waals surface area contributed by atoms with Crippen molar-refractivity contribution in [2.45, 2.75) is 45.6 Å². The molecule has 0 aliphatic carbocycles. The summed E-state index contributed by atoms with van der Waals surface area (Å²) in [6.45, 7) is 5.27. The molecule has 1 aliphatic rings. The summed E-state index contributed by atoms with van der Waals surface area (Å²) in [7, 11) is 0. The number of piperidine rings is 1. The molecule has 0 radical (unpaired) electrons. The van der Waals surface area contributed by atoms with E-state index < -0.39 is 0 Å². The number of nitrogens with zero attached hydrogens (tertiary/aromatic N) is 1. The lowest BCUT2D eigenvalue weighted by Gasteiger charge is -2.31. The molecule has 1 aliphatic heterocycles. The van der Waals surface area contributed by atoms with Crippen molar-refractivity contribution in [3.63, 3.8) is 0 Å². The number of carbonyl (C=O) groups excluding carboxylic acids is 3. The standard InChI is InChI=1S/C17H24N2O4S/c1-3-23-17(22)19-10-8-13(9-11-19)18-16(21)7-5-14(20)15-6-4-12(2)24-15/h4,6,13H,3,5,7-11H2,1-2H3,(H,18,21). The second kappa shape index (κ2) is 8.82. The number of ether oxygens (including phenoxy) is 1. The molecule has 0 unspecified atom stereocenters. The molecule has 2 rings (SSSR count). The first-order valence-corrected chi connectivity index (χ1v) is 9.12. The van der Waals surface area contributed by atoms with E-state index in [4.69, 9.17) is 4.74 Å². The zero-order valence-corrected chi connectivity index (χ0v) is 15.0. The quantitative estimate of drug-likeness (QED) is 0.799.